The average Bonchev–Trinajstić information content (AvgIpc) is 2.83. The number of aryl methyl sites for hydroxylation is 1. The second kappa shape index (κ2) is 3.94. The van der Waals surface area contributed by atoms with Gasteiger partial charge < -0.3 is 11.1 Å². The van der Waals surface area contributed by atoms with Crippen molar-refractivity contribution in [2.75, 3.05) is 6.54 Å². The Hall–Kier alpha value is -0.870. The van der Waals surface area contributed by atoms with Crippen LogP contribution in [-0.4, -0.2) is 18.0 Å². The van der Waals surface area contributed by atoms with Gasteiger partial charge in [-0.2, -0.15) is 0 Å². The molecule has 3 nitrogen and oxygen atoms in total. The van der Waals surface area contributed by atoms with Gasteiger partial charge >= 0.3 is 0 Å². The summed E-state index contributed by atoms with van der Waals surface area (Å²) in [4.78, 5) is 12.9. The molecule has 4 heteroatoms. The summed E-state index contributed by atoms with van der Waals surface area (Å²) in [7, 11) is 0. The Morgan fingerprint density at radius 3 is 2.93 bits per heavy atom. The Labute approximate surface area is 93.7 Å². The normalized spacial score (nSPS) is 17.5. The molecule has 0 radical (unpaired) electrons. The van der Waals surface area contributed by atoms with Crippen molar-refractivity contribution in [2.24, 2.45) is 5.73 Å². The number of rotatable bonds is 4. The van der Waals surface area contributed by atoms with Gasteiger partial charge in [0.2, 0.25) is 5.91 Å². The monoisotopic (exact) mass is 224 g/mol. The van der Waals surface area contributed by atoms with E-state index in [2.05, 4.69) is 23.7 Å². The van der Waals surface area contributed by atoms with E-state index in [1.165, 1.54) is 10.4 Å². The fraction of sp³-hybridized carbons (Fsp3) is 0.545. The number of amides is 1. The summed E-state index contributed by atoms with van der Waals surface area (Å²) in [6.45, 7) is 2.79. The van der Waals surface area contributed by atoms with Crippen molar-refractivity contribution in [1.82, 2.24) is 5.32 Å². The second-order valence-corrected chi connectivity index (χ2v) is 5.19. The minimum atomic E-state index is -0.537. The Morgan fingerprint density at radius 2 is 2.40 bits per heavy atom. The highest BCUT2D eigenvalue weighted by Gasteiger charge is 2.45. The summed E-state index contributed by atoms with van der Waals surface area (Å²) < 4.78 is 0. The van der Waals surface area contributed by atoms with E-state index < -0.39 is 5.54 Å². The Balaban J connectivity index is 1.76. The van der Waals surface area contributed by atoms with Crippen LogP contribution in [0.5, 0.6) is 0 Å². The van der Waals surface area contributed by atoms with Gasteiger partial charge in [0, 0.05) is 11.4 Å². The maximum atomic E-state index is 11.5. The molecule has 1 aromatic heterocycles. The third kappa shape index (κ3) is 2.38. The maximum Gasteiger partial charge on any atom is 0.240 e. The molecular weight excluding hydrogens is 208 g/mol. The lowest BCUT2D eigenvalue weighted by molar-refractivity contribution is -0.123. The number of hydrogen-bond donors (Lipinski definition) is 2. The van der Waals surface area contributed by atoms with E-state index in [0.717, 1.165) is 19.3 Å². The molecule has 1 saturated carbocycles. The van der Waals surface area contributed by atoms with Gasteiger partial charge in [-0.3, -0.25) is 4.79 Å². The van der Waals surface area contributed by atoms with Crippen LogP contribution in [0.1, 0.15) is 23.3 Å². The van der Waals surface area contributed by atoms with Gasteiger partial charge in [0.15, 0.2) is 0 Å². The molecule has 0 spiro atoms. The van der Waals surface area contributed by atoms with Crippen LogP contribution in [0.15, 0.2) is 11.4 Å². The highest BCUT2D eigenvalue weighted by molar-refractivity contribution is 7.10. The molecule has 1 aliphatic carbocycles. The van der Waals surface area contributed by atoms with Crippen LogP contribution < -0.4 is 11.1 Å². The summed E-state index contributed by atoms with van der Waals surface area (Å²) in [5, 5.41) is 4.97. The van der Waals surface area contributed by atoms with Crippen LogP contribution in [0, 0.1) is 6.92 Å². The van der Waals surface area contributed by atoms with Crippen LogP contribution in [-0.2, 0) is 11.2 Å². The van der Waals surface area contributed by atoms with Gasteiger partial charge in [0.25, 0.3) is 0 Å². The smallest absolute Gasteiger partial charge is 0.240 e. The Bertz CT molecular complexity index is 368. The van der Waals surface area contributed by atoms with Crippen molar-refractivity contribution in [3.8, 4) is 0 Å². The number of nitrogens with two attached hydrogens (primary N) is 1. The number of hydrogen-bond acceptors (Lipinski definition) is 3. The van der Waals surface area contributed by atoms with Gasteiger partial charge in [-0.15, -0.1) is 11.3 Å². The predicted molar refractivity (Wildman–Crippen MR) is 61.9 cm³/mol. The quantitative estimate of drug-likeness (QED) is 0.807. The van der Waals surface area contributed by atoms with Crippen molar-refractivity contribution < 1.29 is 4.79 Å². The zero-order valence-electron chi connectivity index (χ0n) is 8.88. The summed E-state index contributed by atoms with van der Waals surface area (Å²) in [5.74, 6) is 0.0108. The molecule has 2 rings (SSSR count). The third-order valence-electron chi connectivity index (χ3n) is 2.85. The van der Waals surface area contributed by atoms with Crippen LogP contribution in [0.3, 0.4) is 0 Å². The fourth-order valence-electron chi connectivity index (χ4n) is 1.49. The first kappa shape index (κ1) is 10.6. The van der Waals surface area contributed by atoms with Crippen LogP contribution in [0.25, 0.3) is 0 Å². The van der Waals surface area contributed by atoms with Gasteiger partial charge in [-0.1, -0.05) is 0 Å². The first-order chi connectivity index (χ1) is 7.12. The predicted octanol–water partition coefficient (Wildman–Crippen LogP) is 1.21. The standard InChI is InChI=1S/C11H16N2OS/c1-8-3-7-15-9(8)2-6-13-10(14)11(12)4-5-11/h3,7H,2,4-6,12H2,1H3,(H,13,14). The minimum absolute atomic E-state index is 0.0108. The highest BCUT2D eigenvalue weighted by Crippen LogP contribution is 2.32. The summed E-state index contributed by atoms with van der Waals surface area (Å²) in [6, 6.07) is 2.10. The zero-order chi connectivity index (χ0) is 10.9. The van der Waals surface area contributed by atoms with Crippen molar-refractivity contribution in [2.45, 2.75) is 31.7 Å². The molecule has 1 fully saturated rings. The first-order valence-corrected chi connectivity index (χ1v) is 6.10. The molecule has 0 atom stereocenters. The molecule has 1 aromatic rings. The fourth-order valence-corrected chi connectivity index (χ4v) is 2.40. The molecule has 0 unspecified atom stereocenters. The van der Waals surface area contributed by atoms with E-state index in [0.29, 0.717) is 6.54 Å². The summed E-state index contributed by atoms with van der Waals surface area (Å²) >= 11 is 1.74. The third-order valence-corrected chi connectivity index (χ3v) is 3.93. The Kier molecular flexibility index (Phi) is 2.80. The molecule has 1 heterocycles. The lowest BCUT2D eigenvalue weighted by Crippen LogP contribution is -2.43. The van der Waals surface area contributed by atoms with E-state index in [-0.39, 0.29) is 5.91 Å². The molecule has 1 amide bonds. The van der Waals surface area contributed by atoms with Gasteiger partial charge in [-0.05, 0) is 43.2 Å². The number of carbonyl (C=O) groups is 1. The highest BCUT2D eigenvalue weighted by atomic mass is 32.1. The second-order valence-electron chi connectivity index (χ2n) is 4.19. The summed E-state index contributed by atoms with van der Waals surface area (Å²) in [5.41, 5.74) is 6.54. The number of nitrogens with one attached hydrogen (secondary N) is 1. The molecule has 82 valence electrons. The molecule has 0 aliphatic heterocycles. The van der Waals surface area contributed by atoms with E-state index in [4.69, 9.17) is 5.73 Å². The van der Waals surface area contributed by atoms with Gasteiger partial charge in [0.1, 0.15) is 0 Å². The number of thiophene rings is 1. The molecular formula is C11H16N2OS. The largest absolute Gasteiger partial charge is 0.354 e. The molecule has 15 heavy (non-hydrogen) atoms. The zero-order valence-corrected chi connectivity index (χ0v) is 9.69. The molecule has 0 aromatic carbocycles. The Morgan fingerprint density at radius 1 is 1.67 bits per heavy atom. The topological polar surface area (TPSA) is 55.1 Å². The molecule has 0 saturated heterocycles. The van der Waals surface area contributed by atoms with Crippen molar-refractivity contribution in [3.05, 3.63) is 21.9 Å². The van der Waals surface area contributed by atoms with E-state index in [1.807, 2.05) is 0 Å². The van der Waals surface area contributed by atoms with Crippen molar-refractivity contribution in [3.63, 3.8) is 0 Å². The average molecular weight is 224 g/mol. The van der Waals surface area contributed by atoms with Crippen LogP contribution >= 0.6 is 11.3 Å². The van der Waals surface area contributed by atoms with Gasteiger partial charge in [-0.25, -0.2) is 0 Å². The minimum Gasteiger partial charge on any atom is -0.354 e. The lowest BCUT2D eigenvalue weighted by atomic mass is 10.2. The van der Waals surface area contributed by atoms with Crippen LogP contribution in [0.4, 0.5) is 0 Å². The van der Waals surface area contributed by atoms with Crippen molar-refractivity contribution in [1.29, 1.82) is 0 Å². The maximum absolute atomic E-state index is 11.5. The van der Waals surface area contributed by atoms with Crippen LogP contribution in [0.2, 0.25) is 0 Å². The summed E-state index contributed by atoms with van der Waals surface area (Å²) in [6.07, 6.45) is 2.57. The molecule has 1 aliphatic rings. The van der Waals surface area contributed by atoms with E-state index in [9.17, 15) is 4.79 Å². The van der Waals surface area contributed by atoms with E-state index in [1.54, 1.807) is 11.3 Å². The van der Waals surface area contributed by atoms with Gasteiger partial charge in [0.05, 0.1) is 5.54 Å². The number of carbonyl (C=O) groups excluding carboxylic acids is 1. The molecule has 0 bridgehead atoms. The molecule has 3 N–H and O–H groups in total. The first-order valence-electron chi connectivity index (χ1n) is 5.22. The lowest BCUT2D eigenvalue weighted by Gasteiger charge is -2.09. The van der Waals surface area contributed by atoms with Crippen molar-refractivity contribution >= 4 is 17.2 Å². The SMILES string of the molecule is Cc1ccsc1CCNC(=O)C1(N)CC1. The van der Waals surface area contributed by atoms with E-state index >= 15 is 0 Å².